The molecule has 140 valence electrons. The monoisotopic (exact) mass is 365 g/mol. The summed E-state index contributed by atoms with van der Waals surface area (Å²) in [7, 11) is 0. The Morgan fingerprint density at radius 3 is 2.63 bits per heavy atom. The van der Waals surface area contributed by atoms with Crippen LogP contribution in [0.2, 0.25) is 0 Å². The van der Waals surface area contributed by atoms with Crippen LogP contribution in [0.4, 0.5) is 5.95 Å². The highest BCUT2D eigenvalue weighted by molar-refractivity contribution is 5.80. The summed E-state index contributed by atoms with van der Waals surface area (Å²) in [5, 5.41) is 11.6. The Kier molecular flexibility index (Phi) is 4.70. The molecule has 8 heteroatoms. The second kappa shape index (κ2) is 7.30. The summed E-state index contributed by atoms with van der Waals surface area (Å²) < 4.78 is 2.04. The molecule has 0 aromatic carbocycles. The first-order valence-electron chi connectivity index (χ1n) is 9.24. The molecule has 0 unspecified atom stereocenters. The number of rotatable bonds is 4. The summed E-state index contributed by atoms with van der Waals surface area (Å²) in [5.41, 5.74) is 2.64. The summed E-state index contributed by atoms with van der Waals surface area (Å²) in [4.78, 5) is 23.0. The molecule has 0 spiro atoms. The molecule has 27 heavy (non-hydrogen) atoms. The van der Waals surface area contributed by atoms with Crippen molar-refractivity contribution in [3.05, 3.63) is 47.7 Å². The quantitative estimate of drug-likeness (QED) is 0.760. The Balaban J connectivity index is 1.34. The van der Waals surface area contributed by atoms with Gasteiger partial charge in [-0.1, -0.05) is 6.07 Å². The second-order valence-electron chi connectivity index (χ2n) is 6.97. The lowest BCUT2D eigenvalue weighted by molar-refractivity contribution is -0.130. The van der Waals surface area contributed by atoms with Crippen molar-refractivity contribution < 1.29 is 4.79 Å². The van der Waals surface area contributed by atoms with Crippen LogP contribution < -0.4 is 5.32 Å². The molecule has 0 bridgehead atoms. The normalized spacial score (nSPS) is 15.3. The molecule has 1 amide bonds. The van der Waals surface area contributed by atoms with Gasteiger partial charge in [0.05, 0.1) is 6.54 Å². The number of anilines is 1. The summed E-state index contributed by atoms with van der Waals surface area (Å²) in [6.45, 7) is 5.49. The minimum absolute atomic E-state index is 0.0716. The maximum absolute atomic E-state index is 12.5. The number of fused-ring (bicyclic) bond motifs is 1. The molecular weight excluding hydrogens is 342 g/mol. The highest BCUT2D eigenvalue weighted by atomic mass is 16.2. The van der Waals surface area contributed by atoms with Crippen LogP contribution in [0.1, 0.15) is 36.0 Å². The van der Waals surface area contributed by atoms with Crippen molar-refractivity contribution in [2.45, 2.75) is 32.6 Å². The minimum Gasteiger partial charge on any atom is -0.345 e. The second-order valence-corrected chi connectivity index (χ2v) is 6.97. The minimum atomic E-state index is 0.0716. The first kappa shape index (κ1) is 17.4. The van der Waals surface area contributed by atoms with Gasteiger partial charge in [0.1, 0.15) is 5.82 Å². The van der Waals surface area contributed by atoms with Crippen molar-refractivity contribution in [1.29, 1.82) is 0 Å². The Morgan fingerprint density at radius 1 is 1.15 bits per heavy atom. The van der Waals surface area contributed by atoms with Crippen LogP contribution in [0.25, 0.3) is 5.65 Å². The molecule has 8 nitrogen and oxygen atoms in total. The number of hydrogen-bond acceptors (Lipinski definition) is 6. The number of piperidine rings is 1. The molecule has 0 atom stereocenters. The van der Waals surface area contributed by atoms with Gasteiger partial charge in [0.2, 0.25) is 11.9 Å². The van der Waals surface area contributed by atoms with E-state index in [1.165, 1.54) is 0 Å². The first-order valence-corrected chi connectivity index (χ1v) is 9.24. The number of amides is 1. The molecule has 3 aromatic rings. The Labute approximate surface area is 157 Å². The zero-order valence-corrected chi connectivity index (χ0v) is 15.6. The topological polar surface area (TPSA) is 88.3 Å². The van der Waals surface area contributed by atoms with E-state index in [4.69, 9.17) is 0 Å². The molecule has 1 aliphatic rings. The van der Waals surface area contributed by atoms with Gasteiger partial charge < -0.3 is 10.2 Å². The van der Waals surface area contributed by atoms with E-state index < -0.39 is 0 Å². The van der Waals surface area contributed by atoms with Gasteiger partial charge in [-0.3, -0.25) is 9.20 Å². The molecule has 1 N–H and O–H groups in total. The fourth-order valence-corrected chi connectivity index (χ4v) is 3.60. The molecular formula is C19H23N7O. The molecule has 3 aromatic heterocycles. The summed E-state index contributed by atoms with van der Waals surface area (Å²) in [5.74, 6) is 1.88. The van der Waals surface area contributed by atoms with Gasteiger partial charge >= 0.3 is 0 Å². The van der Waals surface area contributed by atoms with E-state index in [0.29, 0.717) is 11.9 Å². The van der Waals surface area contributed by atoms with Gasteiger partial charge in [0.25, 0.3) is 0 Å². The molecule has 1 saturated heterocycles. The van der Waals surface area contributed by atoms with Gasteiger partial charge in [-0.2, -0.15) is 0 Å². The van der Waals surface area contributed by atoms with E-state index in [9.17, 15) is 4.79 Å². The Hall–Kier alpha value is -3.03. The molecule has 0 radical (unpaired) electrons. The highest BCUT2D eigenvalue weighted by Gasteiger charge is 2.26. The van der Waals surface area contributed by atoms with Gasteiger partial charge in [0.15, 0.2) is 5.65 Å². The lowest BCUT2D eigenvalue weighted by Gasteiger charge is -2.31. The maximum atomic E-state index is 12.5. The lowest BCUT2D eigenvalue weighted by atomic mass is 9.96. The van der Waals surface area contributed by atoms with Gasteiger partial charge in [0, 0.05) is 36.6 Å². The SMILES string of the molecule is Cc1cc(C)nc(NCC(=O)N2CCC(c3nnc4ccccn34)CC2)n1. The zero-order chi connectivity index (χ0) is 18.8. The van der Waals surface area contributed by atoms with Crippen LogP contribution in [0, 0.1) is 13.8 Å². The third-order valence-electron chi connectivity index (χ3n) is 4.93. The molecule has 1 fully saturated rings. The molecule has 0 aliphatic carbocycles. The van der Waals surface area contributed by atoms with E-state index in [-0.39, 0.29) is 12.5 Å². The predicted octanol–water partition coefficient (Wildman–Crippen LogP) is 1.95. The molecule has 4 heterocycles. The van der Waals surface area contributed by atoms with Crippen molar-refractivity contribution >= 4 is 17.5 Å². The van der Waals surface area contributed by atoms with E-state index >= 15 is 0 Å². The third kappa shape index (κ3) is 3.74. The predicted molar refractivity (Wildman–Crippen MR) is 102 cm³/mol. The standard InChI is InChI=1S/C19H23N7O/c1-13-11-14(2)22-19(21-13)20-12-17(27)25-9-6-15(7-10-25)18-24-23-16-5-3-4-8-26(16)18/h3-5,8,11,15H,6-7,9-10,12H2,1-2H3,(H,20,21,22). The van der Waals surface area contributed by atoms with Crippen molar-refractivity contribution in [2.24, 2.45) is 0 Å². The average molecular weight is 365 g/mol. The smallest absolute Gasteiger partial charge is 0.241 e. The van der Waals surface area contributed by atoms with Crippen LogP contribution in [0.5, 0.6) is 0 Å². The van der Waals surface area contributed by atoms with Crippen molar-refractivity contribution in [2.75, 3.05) is 25.0 Å². The fourth-order valence-electron chi connectivity index (χ4n) is 3.60. The average Bonchev–Trinajstić information content (AvgIpc) is 3.10. The van der Waals surface area contributed by atoms with Crippen molar-refractivity contribution in [1.82, 2.24) is 29.5 Å². The number of aryl methyl sites for hydroxylation is 2. The van der Waals surface area contributed by atoms with Crippen LogP contribution in [-0.4, -0.2) is 55.0 Å². The largest absolute Gasteiger partial charge is 0.345 e. The molecule has 1 aliphatic heterocycles. The van der Waals surface area contributed by atoms with Crippen LogP contribution in [-0.2, 0) is 4.79 Å². The van der Waals surface area contributed by atoms with Crippen molar-refractivity contribution in [3.8, 4) is 0 Å². The van der Waals surface area contributed by atoms with Crippen molar-refractivity contribution in [3.63, 3.8) is 0 Å². The first-order chi connectivity index (χ1) is 13.1. The maximum Gasteiger partial charge on any atom is 0.241 e. The van der Waals surface area contributed by atoms with E-state index in [0.717, 1.165) is 48.8 Å². The number of likely N-dealkylation sites (tertiary alicyclic amines) is 1. The zero-order valence-electron chi connectivity index (χ0n) is 15.6. The summed E-state index contributed by atoms with van der Waals surface area (Å²) >= 11 is 0. The van der Waals surface area contributed by atoms with Crippen LogP contribution in [0.3, 0.4) is 0 Å². The number of carbonyl (C=O) groups is 1. The van der Waals surface area contributed by atoms with Crippen LogP contribution in [0.15, 0.2) is 30.5 Å². The van der Waals surface area contributed by atoms with Gasteiger partial charge in [-0.25, -0.2) is 9.97 Å². The summed E-state index contributed by atoms with van der Waals surface area (Å²) in [6, 6.07) is 7.81. The Bertz CT molecular complexity index is 939. The van der Waals surface area contributed by atoms with E-state index in [1.54, 1.807) is 0 Å². The summed E-state index contributed by atoms with van der Waals surface area (Å²) in [6.07, 6.45) is 3.78. The number of hydrogen-bond donors (Lipinski definition) is 1. The molecule has 4 rings (SSSR count). The number of aromatic nitrogens is 5. The lowest BCUT2D eigenvalue weighted by Crippen LogP contribution is -2.41. The molecule has 0 saturated carbocycles. The van der Waals surface area contributed by atoms with Gasteiger partial charge in [-0.05, 0) is 44.9 Å². The van der Waals surface area contributed by atoms with Gasteiger partial charge in [-0.15, -0.1) is 10.2 Å². The number of pyridine rings is 1. The van der Waals surface area contributed by atoms with Crippen LogP contribution >= 0.6 is 0 Å². The number of nitrogens with zero attached hydrogens (tertiary/aromatic N) is 6. The van der Waals surface area contributed by atoms with E-state index in [1.807, 2.05) is 53.6 Å². The van der Waals surface area contributed by atoms with E-state index in [2.05, 4.69) is 25.5 Å². The number of carbonyl (C=O) groups excluding carboxylic acids is 1. The number of nitrogens with one attached hydrogen (secondary N) is 1. The third-order valence-corrected chi connectivity index (χ3v) is 4.93. The Morgan fingerprint density at radius 2 is 1.89 bits per heavy atom. The fraction of sp³-hybridized carbons (Fsp3) is 0.421. The highest BCUT2D eigenvalue weighted by Crippen LogP contribution is 2.27.